The van der Waals surface area contributed by atoms with Crippen molar-refractivity contribution in [2.75, 3.05) is 27.2 Å². The fourth-order valence-electron chi connectivity index (χ4n) is 3.80. The lowest BCUT2D eigenvalue weighted by Gasteiger charge is -2.24. The molecule has 1 aromatic rings. The van der Waals surface area contributed by atoms with Gasteiger partial charge in [-0.05, 0) is 57.5 Å². The maximum absolute atomic E-state index is 12.5. The van der Waals surface area contributed by atoms with E-state index in [-0.39, 0.29) is 18.0 Å². The fourth-order valence-corrected chi connectivity index (χ4v) is 3.80. The number of nitrogens with zero attached hydrogens (tertiary/aromatic N) is 1. The van der Waals surface area contributed by atoms with Gasteiger partial charge in [0.05, 0.1) is 18.3 Å². The molecule has 1 aromatic heterocycles. The predicted molar refractivity (Wildman–Crippen MR) is 80.8 cm³/mol. The molecule has 1 aliphatic heterocycles. The van der Waals surface area contributed by atoms with Crippen molar-refractivity contribution in [3.63, 3.8) is 0 Å². The molecule has 3 rings (SSSR count). The summed E-state index contributed by atoms with van der Waals surface area (Å²) in [6, 6.07) is 3.91. The number of carbonyl (C=O) groups excluding carboxylic acids is 1. The molecule has 4 unspecified atom stereocenters. The summed E-state index contributed by atoms with van der Waals surface area (Å²) in [4.78, 5) is 14.5. The van der Waals surface area contributed by atoms with Gasteiger partial charge in [0.1, 0.15) is 5.76 Å². The highest BCUT2D eigenvalue weighted by Crippen LogP contribution is 2.37. The zero-order valence-corrected chi connectivity index (χ0v) is 12.8. The highest BCUT2D eigenvalue weighted by atomic mass is 16.3. The Labute approximate surface area is 126 Å². The number of likely N-dealkylation sites (N-methyl/N-ethyl adjacent to an activating group) is 1. The average molecular weight is 291 g/mol. The van der Waals surface area contributed by atoms with Gasteiger partial charge in [-0.3, -0.25) is 9.69 Å². The van der Waals surface area contributed by atoms with Gasteiger partial charge in [0.15, 0.2) is 0 Å². The van der Waals surface area contributed by atoms with Crippen LogP contribution < -0.4 is 10.6 Å². The van der Waals surface area contributed by atoms with Crippen LogP contribution in [0.15, 0.2) is 22.8 Å². The van der Waals surface area contributed by atoms with Crippen LogP contribution in [0, 0.1) is 11.8 Å². The number of furan rings is 1. The highest BCUT2D eigenvalue weighted by Gasteiger charge is 2.42. The number of nitrogens with one attached hydrogen (secondary N) is 2. The number of carbonyl (C=O) groups is 1. The van der Waals surface area contributed by atoms with Gasteiger partial charge < -0.3 is 15.1 Å². The number of hydrogen-bond acceptors (Lipinski definition) is 4. The van der Waals surface area contributed by atoms with E-state index >= 15 is 0 Å². The first kappa shape index (κ1) is 14.6. The van der Waals surface area contributed by atoms with E-state index in [0.29, 0.717) is 18.4 Å². The standard InChI is InChI=1S/C16H25N3O2/c1-19(2)13(14-7-4-8-21-14)10-18-16(20)15-12-6-3-5-11(12)9-17-15/h4,7-8,11-13,15,17H,3,5-6,9-10H2,1-2H3,(H,18,20). The molecular formula is C16H25N3O2. The molecule has 0 aromatic carbocycles. The molecule has 5 nitrogen and oxygen atoms in total. The minimum atomic E-state index is -0.00286. The largest absolute Gasteiger partial charge is 0.468 e. The molecule has 1 amide bonds. The second-order valence-corrected chi connectivity index (χ2v) is 6.48. The van der Waals surface area contributed by atoms with E-state index in [9.17, 15) is 4.79 Å². The van der Waals surface area contributed by atoms with Crippen molar-refractivity contribution in [1.82, 2.24) is 15.5 Å². The molecule has 1 aliphatic carbocycles. The summed E-state index contributed by atoms with van der Waals surface area (Å²) in [6.45, 7) is 1.58. The van der Waals surface area contributed by atoms with Crippen molar-refractivity contribution >= 4 is 5.91 Å². The van der Waals surface area contributed by atoms with Crippen LogP contribution in [-0.4, -0.2) is 44.0 Å². The van der Waals surface area contributed by atoms with E-state index in [0.717, 1.165) is 12.3 Å². The zero-order valence-electron chi connectivity index (χ0n) is 12.8. The van der Waals surface area contributed by atoms with Gasteiger partial charge >= 0.3 is 0 Å². The SMILES string of the molecule is CN(C)C(CNC(=O)C1NCC2CCCC21)c1ccco1. The van der Waals surface area contributed by atoms with Crippen molar-refractivity contribution in [2.45, 2.75) is 31.3 Å². The van der Waals surface area contributed by atoms with Crippen LogP contribution in [0.5, 0.6) is 0 Å². The Morgan fingerprint density at radius 3 is 3.10 bits per heavy atom. The van der Waals surface area contributed by atoms with Crippen molar-refractivity contribution in [1.29, 1.82) is 0 Å². The first-order valence-electron chi connectivity index (χ1n) is 7.87. The van der Waals surface area contributed by atoms with Crippen molar-refractivity contribution < 1.29 is 9.21 Å². The Balaban J connectivity index is 1.57. The van der Waals surface area contributed by atoms with Crippen LogP contribution in [0.25, 0.3) is 0 Å². The smallest absolute Gasteiger partial charge is 0.237 e. The first-order chi connectivity index (χ1) is 10.2. The number of amides is 1. The molecule has 2 aliphatic rings. The van der Waals surface area contributed by atoms with Crippen molar-refractivity contribution in [3.05, 3.63) is 24.2 Å². The van der Waals surface area contributed by atoms with Crippen LogP contribution in [0.2, 0.25) is 0 Å². The lowest BCUT2D eigenvalue weighted by molar-refractivity contribution is -0.124. The normalized spacial score (nSPS) is 29.6. The maximum atomic E-state index is 12.5. The van der Waals surface area contributed by atoms with Crippen LogP contribution in [0.3, 0.4) is 0 Å². The molecule has 2 N–H and O–H groups in total. The fraction of sp³-hybridized carbons (Fsp3) is 0.688. The van der Waals surface area contributed by atoms with Gasteiger partial charge in [-0.15, -0.1) is 0 Å². The van der Waals surface area contributed by atoms with E-state index in [2.05, 4.69) is 15.5 Å². The third-order valence-corrected chi connectivity index (χ3v) is 4.99. The van der Waals surface area contributed by atoms with E-state index in [1.54, 1.807) is 6.26 Å². The van der Waals surface area contributed by atoms with Crippen LogP contribution in [0.1, 0.15) is 31.1 Å². The molecule has 0 radical (unpaired) electrons. The van der Waals surface area contributed by atoms with Gasteiger partial charge in [-0.1, -0.05) is 6.42 Å². The first-order valence-corrected chi connectivity index (χ1v) is 7.87. The minimum Gasteiger partial charge on any atom is -0.468 e. The lowest BCUT2D eigenvalue weighted by Crippen LogP contribution is -2.46. The Morgan fingerprint density at radius 2 is 2.38 bits per heavy atom. The number of rotatable bonds is 5. The molecule has 116 valence electrons. The number of hydrogen-bond donors (Lipinski definition) is 2. The van der Waals surface area contributed by atoms with E-state index in [4.69, 9.17) is 4.42 Å². The van der Waals surface area contributed by atoms with Crippen molar-refractivity contribution in [2.24, 2.45) is 11.8 Å². The van der Waals surface area contributed by atoms with Gasteiger partial charge in [0, 0.05) is 6.54 Å². The molecule has 21 heavy (non-hydrogen) atoms. The molecule has 0 bridgehead atoms. The molecule has 0 spiro atoms. The molecule has 2 fully saturated rings. The maximum Gasteiger partial charge on any atom is 0.237 e. The summed E-state index contributed by atoms with van der Waals surface area (Å²) in [7, 11) is 4.00. The van der Waals surface area contributed by atoms with Crippen LogP contribution >= 0.6 is 0 Å². The summed E-state index contributed by atoms with van der Waals surface area (Å²) in [6.07, 6.45) is 5.40. The molecular weight excluding hydrogens is 266 g/mol. The summed E-state index contributed by atoms with van der Waals surface area (Å²) < 4.78 is 5.48. The zero-order chi connectivity index (χ0) is 14.8. The molecule has 1 saturated heterocycles. The molecule has 1 saturated carbocycles. The van der Waals surface area contributed by atoms with Gasteiger partial charge in [-0.2, -0.15) is 0 Å². The topological polar surface area (TPSA) is 57.5 Å². The molecule has 5 heteroatoms. The Bertz CT molecular complexity index is 472. The Kier molecular flexibility index (Phi) is 4.31. The monoisotopic (exact) mass is 291 g/mol. The third kappa shape index (κ3) is 2.99. The van der Waals surface area contributed by atoms with Crippen LogP contribution in [0.4, 0.5) is 0 Å². The van der Waals surface area contributed by atoms with E-state index < -0.39 is 0 Å². The quantitative estimate of drug-likeness (QED) is 0.861. The summed E-state index contributed by atoms with van der Waals surface area (Å²) in [5.74, 6) is 2.27. The number of fused-ring (bicyclic) bond motifs is 1. The minimum absolute atomic E-state index is 0.00286. The summed E-state index contributed by atoms with van der Waals surface area (Å²) >= 11 is 0. The van der Waals surface area contributed by atoms with Crippen LogP contribution in [-0.2, 0) is 4.79 Å². The predicted octanol–water partition coefficient (Wildman–Crippen LogP) is 1.39. The van der Waals surface area contributed by atoms with E-state index in [1.807, 2.05) is 26.2 Å². The lowest BCUT2D eigenvalue weighted by atomic mass is 9.93. The third-order valence-electron chi connectivity index (χ3n) is 4.99. The van der Waals surface area contributed by atoms with Crippen molar-refractivity contribution in [3.8, 4) is 0 Å². The molecule has 2 heterocycles. The molecule has 4 atom stereocenters. The van der Waals surface area contributed by atoms with Gasteiger partial charge in [0.25, 0.3) is 0 Å². The van der Waals surface area contributed by atoms with Gasteiger partial charge in [-0.25, -0.2) is 0 Å². The second-order valence-electron chi connectivity index (χ2n) is 6.48. The Hall–Kier alpha value is -1.33. The Morgan fingerprint density at radius 1 is 1.52 bits per heavy atom. The summed E-state index contributed by atoms with van der Waals surface area (Å²) in [5, 5.41) is 6.50. The highest BCUT2D eigenvalue weighted by molar-refractivity contribution is 5.82. The van der Waals surface area contributed by atoms with Gasteiger partial charge in [0.2, 0.25) is 5.91 Å². The summed E-state index contributed by atoms with van der Waals surface area (Å²) in [5.41, 5.74) is 0. The average Bonchev–Trinajstić information content (AvgIpc) is 3.15. The second kappa shape index (κ2) is 6.20. The van der Waals surface area contributed by atoms with E-state index in [1.165, 1.54) is 19.3 Å².